The van der Waals surface area contributed by atoms with Gasteiger partial charge in [0.15, 0.2) is 11.2 Å². The molecule has 0 radical (unpaired) electrons. The van der Waals surface area contributed by atoms with Crippen LogP contribution in [0.5, 0.6) is 0 Å². The molecule has 2 aromatic heterocycles. The van der Waals surface area contributed by atoms with E-state index in [0.717, 1.165) is 0 Å². The SMILES string of the molecule is Nc1nc2c(ncn2[C@@H]2C[C@@H](CO)N(CP(=O)(O)O)C2)c(=O)[nH]1. The molecule has 2 aromatic rings. The monoisotopic (exact) mass is 344 g/mol. The molecule has 1 saturated heterocycles. The molecular weight excluding hydrogens is 327 g/mol. The molecule has 1 aliphatic rings. The molecule has 0 bridgehead atoms. The Hall–Kier alpha value is -1.78. The number of hydrogen-bond acceptors (Lipinski definition) is 7. The number of aromatic amines is 1. The molecule has 2 atom stereocenters. The van der Waals surface area contributed by atoms with E-state index >= 15 is 0 Å². The average molecular weight is 344 g/mol. The number of anilines is 1. The molecule has 3 heterocycles. The molecule has 12 heteroatoms. The molecule has 0 spiro atoms. The first kappa shape index (κ1) is 16.1. The Morgan fingerprint density at radius 1 is 1.48 bits per heavy atom. The van der Waals surface area contributed by atoms with Crippen LogP contribution in [0.15, 0.2) is 11.1 Å². The van der Waals surface area contributed by atoms with Gasteiger partial charge in [0.2, 0.25) is 5.95 Å². The molecule has 0 unspecified atom stereocenters. The van der Waals surface area contributed by atoms with Crippen LogP contribution in [0, 0.1) is 0 Å². The number of nitrogens with one attached hydrogen (secondary N) is 1. The number of aliphatic hydroxyl groups excluding tert-OH is 1. The van der Waals surface area contributed by atoms with Gasteiger partial charge in [-0.05, 0) is 6.42 Å². The Morgan fingerprint density at radius 2 is 2.22 bits per heavy atom. The molecule has 0 aliphatic carbocycles. The van der Waals surface area contributed by atoms with Gasteiger partial charge in [-0.25, -0.2) is 4.98 Å². The van der Waals surface area contributed by atoms with E-state index < -0.39 is 19.4 Å². The second-order valence-corrected chi connectivity index (χ2v) is 7.19. The molecule has 3 rings (SSSR count). The van der Waals surface area contributed by atoms with Crippen molar-refractivity contribution >= 4 is 24.7 Å². The third kappa shape index (κ3) is 3.14. The lowest BCUT2D eigenvalue weighted by molar-refractivity contribution is 0.168. The van der Waals surface area contributed by atoms with Gasteiger partial charge in [-0.3, -0.25) is 19.2 Å². The molecule has 6 N–H and O–H groups in total. The lowest BCUT2D eigenvalue weighted by atomic mass is 10.2. The van der Waals surface area contributed by atoms with Gasteiger partial charge < -0.3 is 25.2 Å². The Balaban J connectivity index is 1.94. The first-order valence-corrected chi connectivity index (χ1v) is 8.70. The number of hydrogen-bond donors (Lipinski definition) is 5. The number of nitrogens with zero attached hydrogens (tertiary/aromatic N) is 4. The first-order chi connectivity index (χ1) is 10.8. The van der Waals surface area contributed by atoms with Gasteiger partial charge in [0.05, 0.1) is 19.0 Å². The summed E-state index contributed by atoms with van der Waals surface area (Å²) in [4.78, 5) is 42.1. The number of H-pyrrole nitrogens is 1. The van der Waals surface area contributed by atoms with Crippen molar-refractivity contribution in [2.24, 2.45) is 0 Å². The summed E-state index contributed by atoms with van der Waals surface area (Å²) in [7, 11) is -4.23. The van der Waals surface area contributed by atoms with E-state index in [1.165, 1.54) is 11.2 Å². The molecule has 23 heavy (non-hydrogen) atoms. The van der Waals surface area contributed by atoms with E-state index in [-0.39, 0.29) is 30.2 Å². The fraction of sp³-hybridized carbons (Fsp3) is 0.545. The summed E-state index contributed by atoms with van der Waals surface area (Å²) < 4.78 is 12.9. The van der Waals surface area contributed by atoms with Crippen molar-refractivity contribution in [1.82, 2.24) is 24.4 Å². The minimum atomic E-state index is -4.23. The fourth-order valence-electron chi connectivity index (χ4n) is 2.97. The summed E-state index contributed by atoms with van der Waals surface area (Å²) in [5, 5.41) is 9.44. The molecule has 11 nitrogen and oxygen atoms in total. The van der Waals surface area contributed by atoms with E-state index in [1.807, 2.05) is 0 Å². The van der Waals surface area contributed by atoms with Crippen molar-refractivity contribution in [3.63, 3.8) is 0 Å². The van der Waals surface area contributed by atoms with Crippen LogP contribution in [0.4, 0.5) is 5.95 Å². The molecule has 0 aromatic carbocycles. The standard InChI is InChI=1S/C11H17N6O5P/c12-11-14-9-8(10(19)15-11)13-4-17(9)6-1-7(3-18)16(2-6)5-23(20,21)22/h4,6-7,18H,1-3,5H2,(H2,20,21,22)(H3,12,14,15,19)/t6-,7+/m1/s1. The van der Waals surface area contributed by atoms with E-state index in [1.54, 1.807) is 4.57 Å². The number of rotatable bonds is 4. The predicted octanol–water partition coefficient (Wildman–Crippen LogP) is -1.56. The highest BCUT2D eigenvalue weighted by molar-refractivity contribution is 7.51. The largest absolute Gasteiger partial charge is 0.395 e. The molecule has 126 valence electrons. The van der Waals surface area contributed by atoms with Gasteiger partial charge in [-0.1, -0.05) is 0 Å². The van der Waals surface area contributed by atoms with Gasteiger partial charge in [0.1, 0.15) is 6.29 Å². The van der Waals surface area contributed by atoms with Gasteiger partial charge in [0.25, 0.3) is 5.56 Å². The van der Waals surface area contributed by atoms with E-state index in [9.17, 15) is 14.5 Å². The molecule has 0 amide bonds. The third-order valence-electron chi connectivity index (χ3n) is 3.93. The zero-order valence-electron chi connectivity index (χ0n) is 12.0. The molecule has 0 saturated carbocycles. The topological polar surface area (TPSA) is 171 Å². The maximum Gasteiger partial charge on any atom is 0.339 e. The van der Waals surface area contributed by atoms with Gasteiger partial charge >= 0.3 is 7.60 Å². The third-order valence-corrected chi connectivity index (χ3v) is 4.66. The second-order valence-electron chi connectivity index (χ2n) is 5.58. The molecule has 1 aliphatic heterocycles. The van der Waals surface area contributed by atoms with Crippen molar-refractivity contribution in [3.05, 3.63) is 16.7 Å². The second kappa shape index (κ2) is 5.69. The van der Waals surface area contributed by atoms with Crippen molar-refractivity contribution in [1.29, 1.82) is 0 Å². The smallest absolute Gasteiger partial charge is 0.339 e. The van der Waals surface area contributed by atoms with Crippen LogP contribution < -0.4 is 11.3 Å². The van der Waals surface area contributed by atoms with Gasteiger partial charge in [-0.2, -0.15) is 4.98 Å². The van der Waals surface area contributed by atoms with Crippen molar-refractivity contribution in [2.45, 2.75) is 18.5 Å². The van der Waals surface area contributed by atoms with Crippen LogP contribution in [-0.4, -0.2) is 64.8 Å². The van der Waals surface area contributed by atoms with Gasteiger partial charge in [0, 0.05) is 12.6 Å². The fourth-order valence-corrected chi connectivity index (χ4v) is 3.79. The Kier molecular flexibility index (Phi) is 3.98. The quantitative estimate of drug-likeness (QED) is 0.412. The number of nitrogens with two attached hydrogens (primary N) is 1. The summed E-state index contributed by atoms with van der Waals surface area (Å²) in [6, 6.07) is -0.609. The van der Waals surface area contributed by atoms with Crippen LogP contribution in [0.25, 0.3) is 11.2 Å². The van der Waals surface area contributed by atoms with Crippen molar-refractivity contribution in [2.75, 3.05) is 25.2 Å². The summed E-state index contributed by atoms with van der Waals surface area (Å²) in [5.41, 5.74) is 5.56. The Morgan fingerprint density at radius 3 is 2.87 bits per heavy atom. The van der Waals surface area contributed by atoms with Crippen molar-refractivity contribution < 1.29 is 19.5 Å². The average Bonchev–Trinajstić information content (AvgIpc) is 3.00. The van der Waals surface area contributed by atoms with Crippen LogP contribution in [0.2, 0.25) is 0 Å². The number of nitrogen functional groups attached to an aromatic ring is 1. The van der Waals surface area contributed by atoms with Crippen LogP contribution >= 0.6 is 7.60 Å². The Labute approximate surface area is 129 Å². The summed E-state index contributed by atoms with van der Waals surface area (Å²) in [6.45, 7) is 0.0788. The normalized spacial score (nSPS) is 22.9. The molecular formula is C11H17N6O5P. The number of aliphatic hydroxyl groups is 1. The number of imidazole rings is 1. The predicted molar refractivity (Wildman–Crippen MR) is 80.7 cm³/mol. The lowest BCUT2D eigenvalue weighted by Gasteiger charge is -2.22. The summed E-state index contributed by atoms with van der Waals surface area (Å²) in [5.74, 6) is -0.0342. The minimum Gasteiger partial charge on any atom is -0.395 e. The lowest BCUT2D eigenvalue weighted by Crippen LogP contribution is -2.33. The van der Waals surface area contributed by atoms with Crippen LogP contribution in [0.1, 0.15) is 12.5 Å². The van der Waals surface area contributed by atoms with Crippen molar-refractivity contribution in [3.8, 4) is 0 Å². The maximum atomic E-state index is 11.8. The number of aromatic nitrogens is 4. The zero-order valence-corrected chi connectivity index (χ0v) is 12.9. The zero-order chi connectivity index (χ0) is 16.8. The highest BCUT2D eigenvalue weighted by Crippen LogP contribution is 2.39. The van der Waals surface area contributed by atoms with E-state index in [2.05, 4.69) is 15.0 Å². The van der Waals surface area contributed by atoms with E-state index in [0.29, 0.717) is 18.6 Å². The van der Waals surface area contributed by atoms with Crippen LogP contribution in [0.3, 0.4) is 0 Å². The summed E-state index contributed by atoms with van der Waals surface area (Å²) in [6.07, 6.45) is 1.47. The Bertz CT molecular complexity index is 828. The summed E-state index contributed by atoms with van der Waals surface area (Å²) >= 11 is 0. The highest BCUT2D eigenvalue weighted by Gasteiger charge is 2.36. The number of likely N-dealkylation sites (tertiary alicyclic amines) is 1. The van der Waals surface area contributed by atoms with E-state index in [4.69, 9.17) is 15.5 Å². The van der Waals surface area contributed by atoms with Crippen LogP contribution in [-0.2, 0) is 4.57 Å². The maximum absolute atomic E-state index is 11.8. The minimum absolute atomic E-state index is 0.0342. The first-order valence-electron chi connectivity index (χ1n) is 6.90. The molecule has 1 fully saturated rings. The number of fused-ring (bicyclic) bond motifs is 1. The van der Waals surface area contributed by atoms with Gasteiger partial charge in [-0.15, -0.1) is 0 Å². The highest BCUT2D eigenvalue weighted by atomic mass is 31.2.